The molecular weight excluding hydrogens is 400 g/mol. The van der Waals surface area contributed by atoms with Crippen molar-refractivity contribution in [2.45, 2.75) is 65.3 Å². The van der Waals surface area contributed by atoms with Crippen molar-refractivity contribution in [3.05, 3.63) is 76.5 Å². The molecule has 2 aromatic carbocycles. The first-order valence-corrected chi connectivity index (χ1v) is 11.6. The lowest BCUT2D eigenvalue weighted by Crippen LogP contribution is -2.39. The van der Waals surface area contributed by atoms with Gasteiger partial charge in [0.25, 0.3) is 0 Å². The van der Waals surface area contributed by atoms with Crippen LogP contribution in [0.4, 0.5) is 5.69 Å². The van der Waals surface area contributed by atoms with Gasteiger partial charge in [-0.2, -0.15) is 0 Å². The summed E-state index contributed by atoms with van der Waals surface area (Å²) in [5.74, 6) is 0.614. The van der Waals surface area contributed by atoms with Crippen molar-refractivity contribution < 1.29 is 4.79 Å². The van der Waals surface area contributed by atoms with Gasteiger partial charge in [-0.15, -0.1) is 0 Å². The van der Waals surface area contributed by atoms with Gasteiger partial charge in [0.2, 0.25) is 0 Å². The number of fused-ring (bicyclic) bond motifs is 1. The number of anilines is 1. The summed E-state index contributed by atoms with van der Waals surface area (Å²) in [6.45, 7) is 8.68. The van der Waals surface area contributed by atoms with Crippen LogP contribution in [0.1, 0.15) is 63.1 Å². The summed E-state index contributed by atoms with van der Waals surface area (Å²) in [5, 5.41) is 7.04. The van der Waals surface area contributed by atoms with Gasteiger partial charge in [-0.25, -0.2) is 0 Å². The molecule has 2 aromatic rings. The SMILES string of the molecule is CC(C)c1ccc(NC(=S)C2=C(NC3Cc4ccccc4C3)CC(C)(C)CC2=O)cc1. The fourth-order valence-electron chi connectivity index (χ4n) is 4.76. The van der Waals surface area contributed by atoms with Crippen LogP contribution >= 0.6 is 12.2 Å². The van der Waals surface area contributed by atoms with Gasteiger partial charge in [-0.05, 0) is 59.4 Å². The van der Waals surface area contributed by atoms with Crippen molar-refractivity contribution in [2.75, 3.05) is 5.32 Å². The number of thiocarbonyl (C=S) groups is 1. The summed E-state index contributed by atoms with van der Waals surface area (Å²) in [5.41, 5.74) is 6.60. The first kappa shape index (κ1) is 21.8. The molecule has 0 aliphatic heterocycles. The smallest absolute Gasteiger partial charge is 0.168 e. The number of hydrogen-bond donors (Lipinski definition) is 2. The number of rotatable bonds is 5. The molecule has 2 aliphatic carbocycles. The minimum Gasteiger partial charge on any atom is -0.384 e. The van der Waals surface area contributed by atoms with E-state index in [9.17, 15) is 4.79 Å². The van der Waals surface area contributed by atoms with Gasteiger partial charge in [0.15, 0.2) is 5.78 Å². The van der Waals surface area contributed by atoms with Crippen LogP contribution in [0.25, 0.3) is 0 Å². The van der Waals surface area contributed by atoms with Crippen LogP contribution < -0.4 is 10.6 Å². The average Bonchev–Trinajstić information content (AvgIpc) is 3.09. The Hall–Kier alpha value is -2.46. The number of benzene rings is 2. The van der Waals surface area contributed by atoms with Crippen molar-refractivity contribution in [2.24, 2.45) is 5.41 Å². The summed E-state index contributed by atoms with van der Waals surface area (Å²) in [4.78, 5) is 13.7. The molecule has 4 rings (SSSR count). The van der Waals surface area contributed by atoms with E-state index in [1.54, 1.807) is 0 Å². The van der Waals surface area contributed by atoms with Crippen molar-refractivity contribution in [1.82, 2.24) is 5.32 Å². The summed E-state index contributed by atoms with van der Waals surface area (Å²) in [7, 11) is 0. The number of Topliss-reactive ketones (excluding diaryl/α,β-unsaturated/α-hetero) is 1. The first-order valence-electron chi connectivity index (χ1n) is 11.2. The van der Waals surface area contributed by atoms with E-state index in [0.29, 0.717) is 28.9 Å². The molecule has 162 valence electrons. The number of allylic oxidation sites excluding steroid dienone is 1. The van der Waals surface area contributed by atoms with Gasteiger partial charge in [0, 0.05) is 23.8 Å². The predicted octanol–water partition coefficient (Wildman–Crippen LogP) is 5.95. The minimum absolute atomic E-state index is 0.0666. The molecular formula is C27H32N2OS. The monoisotopic (exact) mass is 432 g/mol. The van der Waals surface area contributed by atoms with Crippen molar-refractivity contribution in [3.8, 4) is 0 Å². The van der Waals surface area contributed by atoms with Crippen molar-refractivity contribution in [1.29, 1.82) is 0 Å². The van der Waals surface area contributed by atoms with Crippen molar-refractivity contribution in [3.63, 3.8) is 0 Å². The minimum atomic E-state index is -0.0666. The van der Waals surface area contributed by atoms with Gasteiger partial charge < -0.3 is 10.6 Å². The number of nitrogens with one attached hydrogen (secondary N) is 2. The molecule has 2 N–H and O–H groups in total. The summed E-state index contributed by atoms with van der Waals surface area (Å²) < 4.78 is 0. The van der Waals surface area contributed by atoms with Gasteiger partial charge in [-0.3, -0.25) is 4.79 Å². The van der Waals surface area contributed by atoms with Gasteiger partial charge in [0.05, 0.1) is 5.57 Å². The van der Waals surface area contributed by atoms with E-state index < -0.39 is 0 Å². The third kappa shape index (κ3) is 4.90. The molecule has 0 spiro atoms. The molecule has 3 nitrogen and oxygen atoms in total. The molecule has 0 fully saturated rings. The third-order valence-corrected chi connectivity index (χ3v) is 6.67. The molecule has 2 aliphatic rings. The quantitative estimate of drug-likeness (QED) is 0.573. The largest absolute Gasteiger partial charge is 0.384 e. The summed E-state index contributed by atoms with van der Waals surface area (Å²) in [6, 6.07) is 17.2. The lowest BCUT2D eigenvalue weighted by molar-refractivity contribution is -0.117. The maximum absolute atomic E-state index is 13.2. The van der Waals surface area contributed by atoms with Crippen LogP contribution in [0.3, 0.4) is 0 Å². The van der Waals surface area contributed by atoms with Gasteiger partial charge >= 0.3 is 0 Å². The topological polar surface area (TPSA) is 41.1 Å². The van der Waals surface area contributed by atoms with E-state index in [-0.39, 0.29) is 11.2 Å². The number of hydrogen-bond acceptors (Lipinski definition) is 3. The van der Waals surface area contributed by atoms with Crippen LogP contribution in [0, 0.1) is 5.41 Å². The zero-order valence-electron chi connectivity index (χ0n) is 18.9. The normalized spacial score (nSPS) is 18.3. The van der Waals surface area contributed by atoms with Gasteiger partial charge in [0.1, 0.15) is 4.99 Å². The van der Waals surface area contributed by atoms with E-state index in [2.05, 4.69) is 74.7 Å². The molecule has 0 heterocycles. The van der Waals surface area contributed by atoms with Crippen LogP contribution in [-0.2, 0) is 17.6 Å². The molecule has 31 heavy (non-hydrogen) atoms. The molecule has 0 atom stereocenters. The third-order valence-electron chi connectivity index (χ3n) is 6.37. The second-order valence-corrected chi connectivity index (χ2v) is 10.5. The molecule has 0 saturated heterocycles. The van der Waals surface area contributed by atoms with Gasteiger partial charge in [-0.1, -0.05) is 76.3 Å². The fraction of sp³-hybridized carbons (Fsp3) is 0.407. The molecule has 0 amide bonds. The molecule has 4 heteroatoms. The van der Waals surface area contributed by atoms with E-state index in [0.717, 1.165) is 30.6 Å². The Bertz CT molecular complexity index is 1010. The first-order chi connectivity index (χ1) is 14.7. The predicted molar refractivity (Wildman–Crippen MR) is 133 cm³/mol. The second-order valence-electron chi connectivity index (χ2n) is 10.0. The lowest BCUT2D eigenvalue weighted by atomic mass is 9.75. The lowest BCUT2D eigenvalue weighted by Gasteiger charge is -2.34. The zero-order chi connectivity index (χ0) is 22.2. The molecule has 0 aromatic heterocycles. The molecule has 0 saturated carbocycles. The fourth-order valence-corrected chi connectivity index (χ4v) is 5.11. The molecule has 0 bridgehead atoms. The highest BCUT2D eigenvalue weighted by Gasteiger charge is 2.36. The number of carbonyl (C=O) groups excluding carboxylic acids is 1. The van der Waals surface area contributed by atoms with Crippen LogP contribution in [0.15, 0.2) is 59.8 Å². The van der Waals surface area contributed by atoms with E-state index >= 15 is 0 Å². The molecule has 0 unspecified atom stereocenters. The van der Waals surface area contributed by atoms with E-state index in [4.69, 9.17) is 12.2 Å². The van der Waals surface area contributed by atoms with Crippen LogP contribution in [0.5, 0.6) is 0 Å². The summed E-state index contributed by atoms with van der Waals surface area (Å²) in [6.07, 6.45) is 3.32. The Morgan fingerprint density at radius 1 is 1.00 bits per heavy atom. The Kier molecular flexibility index (Phi) is 6.02. The van der Waals surface area contributed by atoms with Crippen LogP contribution in [0.2, 0.25) is 0 Å². The highest BCUT2D eigenvalue weighted by atomic mass is 32.1. The Morgan fingerprint density at radius 2 is 1.61 bits per heavy atom. The molecule has 0 radical (unpaired) electrons. The van der Waals surface area contributed by atoms with E-state index in [1.165, 1.54) is 16.7 Å². The highest BCUT2D eigenvalue weighted by Crippen LogP contribution is 2.37. The zero-order valence-corrected chi connectivity index (χ0v) is 19.7. The maximum atomic E-state index is 13.2. The average molecular weight is 433 g/mol. The number of ketones is 1. The Labute approximate surface area is 191 Å². The summed E-state index contributed by atoms with van der Waals surface area (Å²) >= 11 is 5.75. The second kappa shape index (κ2) is 8.58. The van der Waals surface area contributed by atoms with Crippen molar-refractivity contribution >= 4 is 28.7 Å². The Morgan fingerprint density at radius 3 is 2.19 bits per heavy atom. The number of carbonyl (C=O) groups is 1. The standard InChI is InChI=1S/C27H32N2OS/c1-17(2)18-9-11-21(12-10-18)29-26(31)25-23(15-27(3,4)16-24(25)30)28-22-13-19-7-5-6-8-20(19)14-22/h5-12,17,22,28H,13-16H2,1-4H3,(H,29,31). The van der Waals surface area contributed by atoms with E-state index in [1.807, 2.05) is 12.1 Å². The highest BCUT2D eigenvalue weighted by molar-refractivity contribution is 7.81. The van der Waals surface area contributed by atoms with Crippen LogP contribution in [-0.4, -0.2) is 16.8 Å². The Balaban J connectivity index is 1.57. The maximum Gasteiger partial charge on any atom is 0.168 e.